The standard InChI is InChI=1S/C14H14O2S/c15-17(16,10-11-4-2-1-3-5-11)14-9-12-6-7-13(14)8-12/h1-7,9,12-13H,8,10H2/t12-,13+/m1/s1. The van der Waals surface area contributed by atoms with E-state index in [0.29, 0.717) is 10.8 Å². The second kappa shape index (κ2) is 3.84. The van der Waals surface area contributed by atoms with Crippen molar-refractivity contribution in [2.24, 2.45) is 11.8 Å². The van der Waals surface area contributed by atoms with Crippen LogP contribution in [0.25, 0.3) is 0 Å². The molecule has 0 saturated carbocycles. The van der Waals surface area contributed by atoms with Crippen LogP contribution in [-0.4, -0.2) is 8.42 Å². The molecule has 0 spiro atoms. The molecule has 0 N–H and O–H groups in total. The van der Waals surface area contributed by atoms with Crippen LogP contribution in [-0.2, 0) is 15.6 Å². The Morgan fingerprint density at radius 1 is 1.12 bits per heavy atom. The van der Waals surface area contributed by atoms with Crippen molar-refractivity contribution in [3.63, 3.8) is 0 Å². The molecule has 2 nitrogen and oxygen atoms in total. The summed E-state index contributed by atoms with van der Waals surface area (Å²) < 4.78 is 24.6. The average molecular weight is 246 g/mol. The third-order valence-electron chi connectivity index (χ3n) is 3.42. The number of allylic oxidation sites excluding steroid dienone is 4. The molecule has 88 valence electrons. The second-order valence-corrected chi connectivity index (χ2v) is 6.69. The maximum atomic E-state index is 12.3. The van der Waals surface area contributed by atoms with Gasteiger partial charge in [0.25, 0.3) is 0 Å². The van der Waals surface area contributed by atoms with Gasteiger partial charge in [-0.15, -0.1) is 0 Å². The van der Waals surface area contributed by atoms with Crippen LogP contribution in [0.4, 0.5) is 0 Å². The molecule has 0 saturated heterocycles. The lowest BCUT2D eigenvalue weighted by atomic mass is 10.2. The van der Waals surface area contributed by atoms with E-state index in [-0.39, 0.29) is 11.7 Å². The van der Waals surface area contributed by atoms with Crippen molar-refractivity contribution < 1.29 is 8.42 Å². The number of fused-ring (bicyclic) bond motifs is 2. The Morgan fingerprint density at radius 2 is 1.88 bits per heavy atom. The zero-order valence-corrected chi connectivity index (χ0v) is 10.2. The number of hydrogen-bond acceptors (Lipinski definition) is 2. The third kappa shape index (κ3) is 1.95. The fraction of sp³-hybridized carbons (Fsp3) is 0.286. The van der Waals surface area contributed by atoms with E-state index in [1.807, 2.05) is 42.5 Å². The van der Waals surface area contributed by atoms with Crippen molar-refractivity contribution >= 4 is 9.84 Å². The number of rotatable bonds is 3. The van der Waals surface area contributed by atoms with E-state index in [4.69, 9.17) is 0 Å². The first-order valence-electron chi connectivity index (χ1n) is 5.82. The molecule has 2 atom stereocenters. The molecular weight excluding hydrogens is 232 g/mol. The van der Waals surface area contributed by atoms with Crippen LogP contribution < -0.4 is 0 Å². The van der Waals surface area contributed by atoms with E-state index in [1.54, 1.807) is 0 Å². The molecule has 2 aliphatic carbocycles. The largest absolute Gasteiger partial charge is 0.224 e. The highest BCUT2D eigenvalue weighted by Gasteiger charge is 2.35. The van der Waals surface area contributed by atoms with Crippen LogP contribution in [0, 0.1) is 11.8 Å². The van der Waals surface area contributed by atoms with Crippen LogP contribution in [0.15, 0.2) is 53.5 Å². The van der Waals surface area contributed by atoms with Gasteiger partial charge >= 0.3 is 0 Å². The highest BCUT2D eigenvalue weighted by molar-refractivity contribution is 7.94. The van der Waals surface area contributed by atoms with Crippen LogP contribution in [0.1, 0.15) is 12.0 Å². The van der Waals surface area contributed by atoms with E-state index in [9.17, 15) is 8.42 Å². The van der Waals surface area contributed by atoms with Gasteiger partial charge in [-0.2, -0.15) is 0 Å². The van der Waals surface area contributed by atoms with E-state index in [0.717, 1.165) is 12.0 Å². The van der Waals surface area contributed by atoms with Crippen LogP contribution in [0.5, 0.6) is 0 Å². The molecule has 0 aliphatic heterocycles. The molecule has 0 aromatic heterocycles. The van der Waals surface area contributed by atoms with Crippen LogP contribution in [0.2, 0.25) is 0 Å². The summed E-state index contributed by atoms with van der Waals surface area (Å²) in [6, 6.07) is 9.37. The van der Waals surface area contributed by atoms with Gasteiger partial charge in [-0.3, -0.25) is 0 Å². The smallest absolute Gasteiger partial charge is 0.179 e. The zero-order chi connectivity index (χ0) is 11.9. The number of benzene rings is 1. The first kappa shape index (κ1) is 10.8. The monoisotopic (exact) mass is 246 g/mol. The normalized spacial score (nSPS) is 26.2. The van der Waals surface area contributed by atoms with E-state index in [1.165, 1.54) is 0 Å². The molecule has 1 aromatic rings. The highest BCUT2D eigenvalue weighted by Crippen LogP contribution is 2.41. The number of sulfone groups is 1. The molecule has 3 rings (SSSR count). The third-order valence-corrected chi connectivity index (χ3v) is 5.29. The molecule has 0 heterocycles. The van der Waals surface area contributed by atoms with E-state index < -0.39 is 9.84 Å². The molecule has 1 aromatic carbocycles. The summed E-state index contributed by atoms with van der Waals surface area (Å²) in [4.78, 5) is 0.633. The first-order valence-corrected chi connectivity index (χ1v) is 7.47. The van der Waals surface area contributed by atoms with Crippen molar-refractivity contribution in [1.29, 1.82) is 0 Å². The van der Waals surface area contributed by atoms with E-state index >= 15 is 0 Å². The minimum absolute atomic E-state index is 0.122. The van der Waals surface area contributed by atoms with Crippen LogP contribution in [0.3, 0.4) is 0 Å². The Bertz CT molecular complexity index is 582. The summed E-state index contributed by atoms with van der Waals surface area (Å²) >= 11 is 0. The topological polar surface area (TPSA) is 34.1 Å². The van der Waals surface area contributed by atoms with Gasteiger partial charge in [0.1, 0.15) is 0 Å². The fourth-order valence-electron chi connectivity index (χ4n) is 2.61. The molecule has 0 amide bonds. The van der Waals surface area contributed by atoms with Crippen molar-refractivity contribution in [3.8, 4) is 0 Å². The summed E-state index contributed by atoms with van der Waals surface area (Å²) in [5.41, 5.74) is 0.861. The van der Waals surface area contributed by atoms with Gasteiger partial charge in [0.2, 0.25) is 0 Å². The molecule has 0 radical (unpaired) electrons. The highest BCUT2D eigenvalue weighted by atomic mass is 32.2. The molecule has 2 bridgehead atoms. The summed E-state index contributed by atoms with van der Waals surface area (Å²) in [5, 5.41) is 0. The van der Waals surface area contributed by atoms with Gasteiger partial charge in [0.05, 0.1) is 5.75 Å². The van der Waals surface area contributed by atoms with Crippen molar-refractivity contribution in [1.82, 2.24) is 0 Å². The van der Waals surface area contributed by atoms with Crippen molar-refractivity contribution in [2.75, 3.05) is 0 Å². The lowest BCUT2D eigenvalue weighted by Gasteiger charge is -2.11. The second-order valence-electron chi connectivity index (χ2n) is 4.70. The first-order chi connectivity index (χ1) is 8.15. The Morgan fingerprint density at radius 3 is 2.47 bits per heavy atom. The molecule has 3 heteroatoms. The van der Waals surface area contributed by atoms with Gasteiger partial charge in [0.15, 0.2) is 9.84 Å². The Kier molecular flexibility index (Phi) is 2.44. The predicted molar refractivity (Wildman–Crippen MR) is 67.9 cm³/mol. The average Bonchev–Trinajstić information content (AvgIpc) is 2.91. The minimum Gasteiger partial charge on any atom is -0.224 e. The molecular formula is C14H14O2S. The Labute approximate surface area is 102 Å². The SMILES string of the molecule is O=S(=O)(Cc1ccccc1)C1=C[C@@H]2C=C[C@H]1C2. The fourth-order valence-corrected chi connectivity index (χ4v) is 4.42. The lowest BCUT2D eigenvalue weighted by molar-refractivity contribution is 0.596. The van der Waals surface area contributed by atoms with Gasteiger partial charge in [0, 0.05) is 10.8 Å². The molecule has 0 fully saturated rings. The molecule has 17 heavy (non-hydrogen) atoms. The zero-order valence-electron chi connectivity index (χ0n) is 9.41. The van der Waals surface area contributed by atoms with Crippen LogP contribution >= 0.6 is 0 Å². The summed E-state index contributed by atoms with van der Waals surface area (Å²) in [5.74, 6) is 0.603. The Hall–Kier alpha value is -1.35. The van der Waals surface area contributed by atoms with Crippen molar-refractivity contribution in [2.45, 2.75) is 12.2 Å². The quantitative estimate of drug-likeness (QED) is 0.768. The van der Waals surface area contributed by atoms with Gasteiger partial charge in [-0.25, -0.2) is 8.42 Å². The van der Waals surface area contributed by atoms with Crippen molar-refractivity contribution in [3.05, 3.63) is 59.0 Å². The maximum absolute atomic E-state index is 12.3. The van der Waals surface area contributed by atoms with E-state index in [2.05, 4.69) is 6.08 Å². The summed E-state index contributed by atoms with van der Waals surface area (Å²) in [6.45, 7) is 0. The Balaban J connectivity index is 1.86. The predicted octanol–water partition coefficient (Wildman–Crippen LogP) is 2.69. The van der Waals surface area contributed by atoms with Gasteiger partial charge < -0.3 is 0 Å². The van der Waals surface area contributed by atoms with Gasteiger partial charge in [-0.05, 0) is 17.9 Å². The summed E-state index contributed by atoms with van der Waals surface area (Å²) in [7, 11) is -3.13. The summed E-state index contributed by atoms with van der Waals surface area (Å²) in [6.07, 6.45) is 7.00. The molecule has 2 aliphatic rings. The minimum atomic E-state index is -3.13. The molecule has 0 unspecified atom stereocenters. The maximum Gasteiger partial charge on any atom is 0.179 e. The number of hydrogen-bond donors (Lipinski definition) is 0. The van der Waals surface area contributed by atoms with Gasteiger partial charge in [-0.1, -0.05) is 48.6 Å². The lowest BCUT2D eigenvalue weighted by Crippen LogP contribution is -2.11.